The van der Waals surface area contributed by atoms with Crippen LogP contribution < -0.4 is 14.8 Å². The van der Waals surface area contributed by atoms with E-state index in [9.17, 15) is 9.59 Å². The number of benzene rings is 2. The Labute approximate surface area is 181 Å². The fraction of sp³-hybridized carbons (Fsp3) is 0.304. The number of hydrogen-bond donors (Lipinski definition) is 1. The van der Waals surface area contributed by atoms with Crippen molar-refractivity contribution >= 4 is 34.7 Å². The zero-order chi connectivity index (χ0) is 21.5. The molecule has 158 valence electrons. The Bertz CT molecular complexity index is 941. The molecule has 0 radical (unpaired) electrons. The summed E-state index contributed by atoms with van der Waals surface area (Å²) < 4.78 is 10.6. The van der Waals surface area contributed by atoms with Crippen LogP contribution in [0.15, 0.2) is 47.4 Å². The highest BCUT2D eigenvalue weighted by Gasteiger charge is 2.35. The van der Waals surface area contributed by atoms with Gasteiger partial charge >= 0.3 is 0 Å². The molecular formula is C23H26N2O4S. The quantitative estimate of drug-likeness (QED) is 0.559. The molecule has 0 unspecified atom stereocenters. The molecule has 1 aliphatic heterocycles. The summed E-state index contributed by atoms with van der Waals surface area (Å²) in [6.45, 7) is 2.29. The van der Waals surface area contributed by atoms with E-state index in [1.807, 2.05) is 12.1 Å². The smallest absolute Gasteiger partial charge is 0.295 e. The van der Waals surface area contributed by atoms with E-state index < -0.39 is 0 Å². The van der Waals surface area contributed by atoms with Gasteiger partial charge in [0.1, 0.15) is 11.5 Å². The molecule has 1 heterocycles. The maximum atomic E-state index is 12.7. The molecule has 0 atom stereocenters. The van der Waals surface area contributed by atoms with Gasteiger partial charge in [-0.3, -0.25) is 14.5 Å². The fourth-order valence-electron chi connectivity index (χ4n) is 3.06. The van der Waals surface area contributed by atoms with E-state index in [1.165, 1.54) is 10.5 Å². The normalized spacial score (nSPS) is 15.0. The molecule has 1 fully saturated rings. The number of thioether (sulfide) groups is 1. The Hall–Kier alpha value is -2.93. The third-order valence-electron chi connectivity index (χ3n) is 4.82. The molecule has 1 saturated heterocycles. The van der Waals surface area contributed by atoms with Crippen molar-refractivity contribution in [2.75, 3.05) is 26.2 Å². The highest BCUT2D eigenvalue weighted by molar-refractivity contribution is 8.18. The average molecular weight is 427 g/mol. The zero-order valence-corrected chi connectivity index (χ0v) is 18.3. The van der Waals surface area contributed by atoms with Gasteiger partial charge in [-0.05, 0) is 60.5 Å². The topological polar surface area (TPSA) is 67.9 Å². The first-order valence-corrected chi connectivity index (χ1v) is 10.7. The van der Waals surface area contributed by atoms with Crippen LogP contribution in [-0.2, 0) is 11.2 Å². The average Bonchev–Trinajstić information content (AvgIpc) is 3.04. The minimum atomic E-state index is -0.324. The number of ether oxygens (including phenoxy) is 2. The lowest BCUT2D eigenvalue weighted by molar-refractivity contribution is -0.122. The van der Waals surface area contributed by atoms with E-state index in [0.717, 1.165) is 36.7 Å². The van der Waals surface area contributed by atoms with Crippen molar-refractivity contribution in [3.8, 4) is 11.5 Å². The second-order valence-electron chi connectivity index (χ2n) is 6.85. The second kappa shape index (κ2) is 10.2. The van der Waals surface area contributed by atoms with Crippen LogP contribution in [0.2, 0.25) is 0 Å². The lowest BCUT2D eigenvalue weighted by Crippen LogP contribution is -2.33. The molecule has 0 spiro atoms. The van der Waals surface area contributed by atoms with Crippen LogP contribution in [0, 0.1) is 0 Å². The Morgan fingerprint density at radius 2 is 1.83 bits per heavy atom. The van der Waals surface area contributed by atoms with E-state index >= 15 is 0 Å². The van der Waals surface area contributed by atoms with Gasteiger partial charge in [0.05, 0.1) is 25.8 Å². The number of carbonyl (C=O) groups is 2. The third kappa shape index (κ3) is 5.16. The molecule has 1 aliphatic rings. The fourth-order valence-corrected chi connectivity index (χ4v) is 3.88. The van der Waals surface area contributed by atoms with Crippen LogP contribution >= 0.6 is 11.8 Å². The number of nitrogens with one attached hydrogen (secondary N) is 1. The number of methoxy groups -OCH3 is 2. The lowest BCUT2D eigenvalue weighted by atomic mass is 10.1. The molecule has 1 N–H and O–H groups in total. The van der Waals surface area contributed by atoms with Gasteiger partial charge in [0.2, 0.25) is 0 Å². The number of carbonyl (C=O) groups excluding carboxylic acids is 2. The summed E-state index contributed by atoms with van der Waals surface area (Å²) in [6, 6.07) is 13.4. The monoisotopic (exact) mass is 426 g/mol. The van der Waals surface area contributed by atoms with Crippen LogP contribution in [0.5, 0.6) is 11.5 Å². The largest absolute Gasteiger partial charge is 0.497 e. The summed E-state index contributed by atoms with van der Waals surface area (Å²) in [5.41, 5.74) is 2.86. The van der Waals surface area contributed by atoms with Gasteiger partial charge in [-0.15, -0.1) is 0 Å². The van der Waals surface area contributed by atoms with E-state index in [1.54, 1.807) is 38.5 Å². The molecule has 0 aliphatic carbocycles. The number of anilines is 1. The van der Waals surface area contributed by atoms with Gasteiger partial charge in [-0.1, -0.05) is 25.5 Å². The zero-order valence-electron chi connectivity index (χ0n) is 17.4. The molecule has 2 aromatic carbocycles. The van der Waals surface area contributed by atoms with Crippen LogP contribution in [-0.4, -0.2) is 36.9 Å². The number of unbranched alkanes of at least 4 members (excludes halogenated alkanes) is 1. The summed E-state index contributed by atoms with van der Waals surface area (Å²) in [6.07, 6.45) is 5.05. The van der Waals surface area contributed by atoms with Crippen LogP contribution in [0.4, 0.5) is 10.5 Å². The van der Waals surface area contributed by atoms with Crippen LogP contribution in [0.25, 0.3) is 6.08 Å². The SMILES string of the molecule is CCCCc1ccc(NCN2C(=O)SC(=Cc3ccc(OC)cc3OC)C2=O)cc1. The molecule has 2 amide bonds. The first-order chi connectivity index (χ1) is 14.5. The van der Waals surface area contributed by atoms with Crippen molar-refractivity contribution in [1.82, 2.24) is 4.90 Å². The highest BCUT2D eigenvalue weighted by Crippen LogP contribution is 2.35. The Kier molecular flexibility index (Phi) is 7.41. The number of aryl methyl sites for hydroxylation is 1. The molecule has 30 heavy (non-hydrogen) atoms. The number of amides is 2. The Morgan fingerprint density at radius 1 is 1.07 bits per heavy atom. The third-order valence-corrected chi connectivity index (χ3v) is 5.72. The van der Waals surface area contributed by atoms with Crippen molar-refractivity contribution in [2.45, 2.75) is 26.2 Å². The molecule has 7 heteroatoms. The maximum Gasteiger partial charge on any atom is 0.295 e. The number of hydrogen-bond acceptors (Lipinski definition) is 6. The van der Waals surface area contributed by atoms with Crippen molar-refractivity contribution in [3.63, 3.8) is 0 Å². The van der Waals surface area contributed by atoms with Gasteiger partial charge in [-0.25, -0.2) is 0 Å². The van der Waals surface area contributed by atoms with E-state index in [-0.39, 0.29) is 17.8 Å². The first kappa shape index (κ1) is 21.8. The molecule has 0 bridgehead atoms. The number of imide groups is 1. The molecule has 0 aromatic heterocycles. The summed E-state index contributed by atoms with van der Waals surface area (Å²) in [7, 11) is 3.13. The summed E-state index contributed by atoms with van der Waals surface area (Å²) in [5.74, 6) is 0.902. The summed E-state index contributed by atoms with van der Waals surface area (Å²) in [4.78, 5) is 26.7. The molecule has 6 nitrogen and oxygen atoms in total. The van der Waals surface area contributed by atoms with Gasteiger partial charge in [-0.2, -0.15) is 0 Å². The lowest BCUT2D eigenvalue weighted by Gasteiger charge is -2.15. The molecule has 2 aromatic rings. The molecule has 3 rings (SSSR count). The van der Waals surface area contributed by atoms with Crippen molar-refractivity contribution in [1.29, 1.82) is 0 Å². The van der Waals surface area contributed by atoms with Crippen molar-refractivity contribution < 1.29 is 19.1 Å². The van der Waals surface area contributed by atoms with Crippen molar-refractivity contribution in [3.05, 3.63) is 58.5 Å². The van der Waals surface area contributed by atoms with Gasteiger partial charge in [0, 0.05) is 17.3 Å². The predicted octanol–water partition coefficient (Wildman–Crippen LogP) is 5.15. The predicted molar refractivity (Wildman–Crippen MR) is 121 cm³/mol. The highest BCUT2D eigenvalue weighted by atomic mass is 32.2. The number of rotatable bonds is 9. The number of nitrogens with zero attached hydrogens (tertiary/aromatic N) is 1. The van der Waals surface area contributed by atoms with E-state index in [4.69, 9.17) is 9.47 Å². The Morgan fingerprint density at radius 3 is 2.50 bits per heavy atom. The maximum absolute atomic E-state index is 12.7. The Balaban J connectivity index is 1.67. The first-order valence-electron chi connectivity index (χ1n) is 9.86. The van der Waals surface area contributed by atoms with Gasteiger partial charge in [0.25, 0.3) is 11.1 Å². The minimum Gasteiger partial charge on any atom is -0.497 e. The van der Waals surface area contributed by atoms with Crippen LogP contribution in [0.1, 0.15) is 30.9 Å². The van der Waals surface area contributed by atoms with E-state index in [2.05, 4.69) is 24.4 Å². The van der Waals surface area contributed by atoms with Gasteiger partial charge in [0.15, 0.2) is 0 Å². The van der Waals surface area contributed by atoms with Crippen LogP contribution in [0.3, 0.4) is 0 Å². The molecule has 0 saturated carbocycles. The van der Waals surface area contributed by atoms with E-state index in [0.29, 0.717) is 22.0 Å². The standard InChI is InChI=1S/C23H26N2O4S/c1-4-5-6-16-7-10-18(11-8-16)24-15-25-22(26)21(30-23(25)27)13-17-9-12-19(28-2)14-20(17)29-3/h7-14,24H,4-6,15H2,1-3H3. The molecular weight excluding hydrogens is 400 g/mol. The van der Waals surface area contributed by atoms with Gasteiger partial charge < -0.3 is 14.8 Å². The minimum absolute atomic E-state index is 0.121. The second-order valence-corrected chi connectivity index (χ2v) is 7.85. The summed E-state index contributed by atoms with van der Waals surface area (Å²) >= 11 is 0.924. The summed E-state index contributed by atoms with van der Waals surface area (Å²) in [5, 5.41) is 2.86. The van der Waals surface area contributed by atoms with Crippen molar-refractivity contribution in [2.24, 2.45) is 0 Å².